The van der Waals surface area contributed by atoms with Gasteiger partial charge in [-0.3, -0.25) is 0 Å². The van der Waals surface area contributed by atoms with Gasteiger partial charge in [0.1, 0.15) is 0 Å². The highest BCUT2D eigenvalue weighted by atomic mass is 16.6. The van der Waals surface area contributed by atoms with Crippen molar-refractivity contribution in [2.45, 2.75) is 83.2 Å². The van der Waals surface area contributed by atoms with Crippen molar-refractivity contribution in [3.63, 3.8) is 0 Å². The van der Waals surface area contributed by atoms with Crippen LogP contribution >= 0.6 is 0 Å². The molecule has 0 spiro atoms. The minimum absolute atomic E-state index is 0.0133. The lowest BCUT2D eigenvalue weighted by Gasteiger charge is -2.28. The van der Waals surface area contributed by atoms with Crippen LogP contribution in [0.5, 0.6) is 0 Å². The zero-order valence-electron chi connectivity index (χ0n) is 16.2. The molecule has 0 saturated heterocycles. The molecule has 6 nitrogen and oxygen atoms in total. The van der Waals surface area contributed by atoms with E-state index in [1.54, 1.807) is 33.8 Å². The lowest BCUT2D eigenvalue weighted by molar-refractivity contribution is -0.173. The zero-order valence-corrected chi connectivity index (χ0v) is 16.2. The Morgan fingerprint density at radius 2 is 1.88 bits per heavy atom. The summed E-state index contributed by atoms with van der Waals surface area (Å²) in [6, 6.07) is 0. The van der Waals surface area contributed by atoms with Crippen LogP contribution in [0.1, 0.15) is 59.8 Å². The van der Waals surface area contributed by atoms with E-state index in [0.29, 0.717) is 25.7 Å². The summed E-state index contributed by atoms with van der Waals surface area (Å²) in [6.07, 6.45) is 5.88. The molecule has 0 amide bonds. The molecule has 2 N–H and O–H groups in total. The maximum atomic E-state index is 12.2. The molecule has 0 aromatic heterocycles. The van der Waals surface area contributed by atoms with Gasteiger partial charge in [0.15, 0.2) is 11.2 Å². The first-order valence-electron chi connectivity index (χ1n) is 9.20. The third kappa shape index (κ3) is 5.68. The number of carbonyl (C=O) groups excluding carboxylic acids is 2. The predicted molar refractivity (Wildman–Crippen MR) is 98.3 cm³/mol. The molecule has 1 aliphatic rings. The predicted octanol–water partition coefficient (Wildman–Crippen LogP) is 2.67. The van der Waals surface area contributed by atoms with E-state index >= 15 is 0 Å². The molecule has 0 aromatic rings. The molecule has 6 heteroatoms. The van der Waals surface area contributed by atoms with Gasteiger partial charge in [0, 0.05) is 12.3 Å². The Balaban J connectivity index is 2.84. The zero-order chi connectivity index (χ0) is 20.0. The van der Waals surface area contributed by atoms with Crippen LogP contribution in [-0.4, -0.2) is 45.6 Å². The van der Waals surface area contributed by atoms with Gasteiger partial charge in [0.25, 0.3) is 0 Å². The number of allylic oxidation sites excluding steroid dienone is 1. The van der Waals surface area contributed by atoms with Crippen molar-refractivity contribution >= 4 is 11.9 Å². The second kappa shape index (κ2) is 9.33. The SMILES string of the molecule is C=CCC(O)(/C=C/CC1CCCC1(O)C(=O)OC(C)C)C(=O)OC(C)C. The summed E-state index contributed by atoms with van der Waals surface area (Å²) in [7, 11) is 0. The highest BCUT2D eigenvalue weighted by molar-refractivity contribution is 5.82. The van der Waals surface area contributed by atoms with E-state index < -0.39 is 23.1 Å². The van der Waals surface area contributed by atoms with Crippen LogP contribution in [-0.2, 0) is 19.1 Å². The molecule has 0 aromatic carbocycles. The molecule has 1 aliphatic carbocycles. The van der Waals surface area contributed by atoms with Crippen molar-refractivity contribution in [1.29, 1.82) is 0 Å². The number of hydrogen-bond acceptors (Lipinski definition) is 6. The molecule has 3 atom stereocenters. The minimum atomic E-state index is -1.80. The quantitative estimate of drug-likeness (QED) is 0.480. The number of rotatable bonds is 9. The molecule has 0 aliphatic heterocycles. The summed E-state index contributed by atoms with van der Waals surface area (Å²) >= 11 is 0. The van der Waals surface area contributed by atoms with Crippen LogP contribution in [0.4, 0.5) is 0 Å². The molecular formula is C20H32O6. The van der Waals surface area contributed by atoms with Gasteiger partial charge >= 0.3 is 11.9 Å². The third-order valence-corrected chi connectivity index (χ3v) is 4.45. The Bertz CT molecular complexity index is 538. The van der Waals surface area contributed by atoms with E-state index in [1.807, 2.05) is 0 Å². The average molecular weight is 368 g/mol. The first-order chi connectivity index (χ1) is 12.0. The largest absolute Gasteiger partial charge is 0.461 e. The number of carbonyl (C=O) groups is 2. The molecule has 0 heterocycles. The molecule has 1 rings (SSSR count). The average Bonchev–Trinajstić information content (AvgIpc) is 2.89. The Kier molecular flexibility index (Phi) is 8.03. The van der Waals surface area contributed by atoms with Crippen LogP contribution in [0, 0.1) is 5.92 Å². The number of hydrogen-bond donors (Lipinski definition) is 2. The molecule has 3 unspecified atom stereocenters. The summed E-state index contributed by atoms with van der Waals surface area (Å²) in [5, 5.41) is 21.3. The molecule has 1 saturated carbocycles. The van der Waals surface area contributed by atoms with Gasteiger partial charge in [-0.2, -0.15) is 0 Å². The standard InChI is InChI=1S/C20H32O6/c1-6-11-19(23,17(21)25-14(2)3)12-7-9-16-10-8-13-20(16,24)18(22)26-15(4)5/h6-7,12,14-16,23-24H,1,8-11,13H2,2-5H3/b12-7+. The van der Waals surface area contributed by atoms with E-state index in [0.717, 1.165) is 0 Å². The number of aliphatic hydroxyl groups is 2. The van der Waals surface area contributed by atoms with Gasteiger partial charge in [-0.15, -0.1) is 6.58 Å². The fraction of sp³-hybridized carbons (Fsp3) is 0.700. The second-order valence-electron chi connectivity index (χ2n) is 7.48. The van der Waals surface area contributed by atoms with Crippen molar-refractivity contribution in [1.82, 2.24) is 0 Å². The third-order valence-electron chi connectivity index (χ3n) is 4.45. The minimum Gasteiger partial charge on any atom is -0.461 e. The van der Waals surface area contributed by atoms with Crippen LogP contribution in [0.15, 0.2) is 24.8 Å². The van der Waals surface area contributed by atoms with Crippen LogP contribution in [0.3, 0.4) is 0 Å². The van der Waals surface area contributed by atoms with Crippen molar-refractivity contribution in [3.05, 3.63) is 24.8 Å². The Morgan fingerprint density at radius 3 is 2.42 bits per heavy atom. The smallest absolute Gasteiger partial charge is 0.342 e. The van der Waals surface area contributed by atoms with E-state index in [2.05, 4.69) is 6.58 Å². The normalized spacial score (nSPS) is 25.5. The highest BCUT2D eigenvalue weighted by Gasteiger charge is 2.48. The van der Waals surface area contributed by atoms with Crippen molar-refractivity contribution in [2.75, 3.05) is 0 Å². The van der Waals surface area contributed by atoms with E-state index in [-0.39, 0.29) is 24.5 Å². The number of esters is 2. The molecule has 1 fully saturated rings. The Morgan fingerprint density at radius 1 is 1.27 bits per heavy atom. The second-order valence-corrected chi connectivity index (χ2v) is 7.48. The van der Waals surface area contributed by atoms with Crippen molar-refractivity contribution in [3.8, 4) is 0 Å². The fourth-order valence-corrected chi connectivity index (χ4v) is 3.14. The Labute approximate surface area is 155 Å². The van der Waals surface area contributed by atoms with Crippen LogP contribution in [0.2, 0.25) is 0 Å². The summed E-state index contributed by atoms with van der Waals surface area (Å²) in [4.78, 5) is 24.4. The summed E-state index contributed by atoms with van der Waals surface area (Å²) in [5.74, 6) is -1.67. The molecule has 0 radical (unpaired) electrons. The highest BCUT2D eigenvalue weighted by Crippen LogP contribution is 2.39. The summed E-state index contributed by atoms with van der Waals surface area (Å²) < 4.78 is 10.3. The van der Waals surface area contributed by atoms with Crippen molar-refractivity contribution < 1.29 is 29.3 Å². The van der Waals surface area contributed by atoms with E-state index in [4.69, 9.17) is 9.47 Å². The fourth-order valence-electron chi connectivity index (χ4n) is 3.14. The molecule has 148 valence electrons. The Hall–Kier alpha value is -1.66. The molecule has 0 bridgehead atoms. The lowest BCUT2D eigenvalue weighted by atomic mass is 9.87. The van der Waals surface area contributed by atoms with Gasteiger partial charge in [-0.1, -0.05) is 12.2 Å². The maximum absolute atomic E-state index is 12.2. The van der Waals surface area contributed by atoms with Gasteiger partial charge < -0.3 is 19.7 Å². The number of ether oxygens (including phenoxy) is 2. The van der Waals surface area contributed by atoms with Gasteiger partial charge in [0.05, 0.1) is 12.2 Å². The topological polar surface area (TPSA) is 93.1 Å². The molecular weight excluding hydrogens is 336 g/mol. The van der Waals surface area contributed by atoms with Crippen molar-refractivity contribution in [2.24, 2.45) is 5.92 Å². The first kappa shape index (κ1) is 22.4. The van der Waals surface area contributed by atoms with Gasteiger partial charge in [0.2, 0.25) is 0 Å². The summed E-state index contributed by atoms with van der Waals surface area (Å²) in [6.45, 7) is 10.4. The van der Waals surface area contributed by atoms with E-state index in [9.17, 15) is 19.8 Å². The van der Waals surface area contributed by atoms with E-state index in [1.165, 1.54) is 12.2 Å². The lowest BCUT2D eigenvalue weighted by Crippen LogP contribution is -2.44. The summed E-state index contributed by atoms with van der Waals surface area (Å²) in [5.41, 5.74) is -3.33. The van der Waals surface area contributed by atoms with Crippen LogP contribution in [0.25, 0.3) is 0 Å². The van der Waals surface area contributed by atoms with Gasteiger partial charge in [-0.05, 0) is 59.5 Å². The van der Waals surface area contributed by atoms with Gasteiger partial charge in [-0.25, -0.2) is 9.59 Å². The first-order valence-corrected chi connectivity index (χ1v) is 9.20. The monoisotopic (exact) mass is 368 g/mol. The van der Waals surface area contributed by atoms with Crippen LogP contribution < -0.4 is 0 Å². The molecule has 26 heavy (non-hydrogen) atoms. The maximum Gasteiger partial charge on any atom is 0.342 e.